The molecule has 0 spiro atoms. The molecule has 0 unspecified atom stereocenters. The number of nitrogens with zero attached hydrogens (tertiary/aromatic N) is 1. The first-order chi connectivity index (χ1) is 21.8. The van der Waals surface area contributed by atoms with Gasteiger partial charge in [0.15, 0.2) is 0 Å². The van der Waals surface area contributed by atoms with Crippen molar-refractivity contribution < 1.29 is 52.6 Å². The molecular weight excluding hydrogens is 614 g/mol. The predicted octanol–water partition coefficient (Wildman–Crippen LogP) is -0.602. The van der Waals surface area contributed by atoms with Crippen LogP contribution in [0, 0.1) is 0 Å². The van der Waals surface area contributed by atoms with Crippen LogP contribution >= 0.6 is 11.8 Å². The lowest BCUT2D eigenvalue weighted by molar-refractivity contribution is -0.198. The zero-order chi connectivity index (χ0) is 32.3. The summed E-state index contributed by atoms with van der Waals surface area (Å²) in [4.78, 5) is 74.5. The maximum atomic E-state index is 12.0. The van der Waals surface area contributed by atoms with E-state index in [4.69, 9.17) is 23.8 Å². The van der Waals surface area contributed by atoms with Crippen LogP contribution < -0.4 is 21.3 Å². The van der Waals surface area contributed by atoms with Gasteiger partial charge >= 0.3 is 12.0 Å². The van der Waals surface area contributed by atoms with E-state index in [0.717, 1.165) is 25.0 Å². The second-order valence-corrected chi connectivity index (χ2v) is 11.8. The Morgan fingerprint density at radius 1 is 0.733 bits per heavy atom. The number of nitrogens with one attached hydrogen (secondary N) is 4. The van der Waals surface area contributed by atoms with Gasteiger partial charge in [-0.05, 0) is 12.8 Å². The zero-order valence-electron chi connectivity index (χ0n) is 25.5. The molecule has 45 heavy (non-hydrogen) atoms. The number of urea groups is 1. The topological polar surface area (TPSA) is 200 Å². The van der Waals surface area contributed by atoms with Crippen molar-refractivity contribution in [3.8, 4) is 0 Å². The quantitative estimate of drug-likeness (QED) is 0.0584. The summed E-state index contributed by atoms with van der Waals surface area (Å²) >= 11 is 1.87. The molecule has 0 aliphatic carbocycles. The van der Waals surface area contributed by atoms with E-state index in [1.54, 1.807) is 0 Å². The molecule has 3 rings (SSSR count). The first-order valence-electron chi connectivity index (χ1n) is 15.4. The van der Waals surface area contributed by atoms with E-state index in [9.17, 15) is 28.8 Å². The Hall–Kier alpha value is -2.99. The molecule has 3 saturated heterocycles. The molecule has 16 nitrogen and oxygen atoms in total. The van der Waals surface area contributed by atoms with Gasteiger partial charge in [0.1, 0.15) is 0 Å². The molecule has 3 atom stereocenters. The second kappa shape index (κ2) is 20.9. The molecule has 0 aromatic heterocycles. The zero-order valence-corrected chi connectivity index (χ0v) is 26.3. The predicted molar refractivity (Wildman–Crippen MR) is 160 cm³/mol. The van der Waals surface area contributed by atoms with Crippen LogP contribution in [0.15, 0.2) is 0 Å². The Morgan fingerprint density at radius 3 is 1.91 bits per heavy atom. The number of fused-ring (bicyclic) bond motifs is 1. The van der Waals surface area contributed by atoms with Gasteiger partial charge in [-0.3, -0.25) is 19.2 Å². The van der Waals surface area contributed by atoms with Gasteiger partial charge in [0.05, 0.1) is 71.4 Å². The summed E-state index contributed by atoms with van der Waals surface area (Å²) < 4.78 is 21.4. The number of thioether (sulfide) groups is 1. The van der Waals surface area contributed by atoms with Crippen molar-refractivity contribution in [2.75, 3.05) is 71.7 Å². The summed E-state index contributed by atoms with van der Waals surface area (Å²) in [5.74, 6) is -1.02. The fourth-order valence-corrected chi connectivity index (χ4v) is 6.29. The number of carbonyl (C=O) groups excluding carboxylic acids is 6. The van der Waals surface area contributed by atoms with E-state index < -0.39 is 17.8 Å². The molecule has 3 aliphatic rings. The molecule has 0 aromatic rings. The Morgan fingerprint density at radius 2 is 1.29 bits per heavy atom. The number of carbonyl (C=O) groups is 6. The lowest BCUT2D eigenvalue weighted by Gasteiger charge is -2.16. The molecule has 0 bridgehead atoms. The standard InChI is InChI=1S/C28H45N5O11S/c34-22(4-2-1-3-21-27-20(19-45-21)31-28(39)32-27)29-9-10-30-23(35)7-11-40-13-15-42-17-18-43-16-14-41-12-8-26(38)44-33-24(36)5-6-25(33)37/h20-21,27H,1-19H2,(H,29,34)(H,30,35)(H2,31,32,39)/t20-,21-,27-/m0/s1. The molecular formula is C28H45N5O11S. The van der Waals surface area contributed by atoms with Gasteiger partial charge in [-0.2, -0.15) is 11.8 Å². The maximum absolute atomic E-state index is 12.0. The van der Waals surface area contributed by atoms with Gasteiger partial charge in [-0.1, -0.05) is 6.42 Å². The van der Waals surface area contributed by atoms with Crippen molar-refractivity contribution in [3.63, 3.8) is 0 Å². The Bertz CT molecular complexity index is 988. The average Bonchev–Trinajstić information content (AvgIpc) is 3.67. The first kappa shape index (κ1) is 36.5. The minimum Gasteiger partial charge on any atom is -0.379 e. The molecule has 3 heterocycles. The summed E-state index contributed by atoms with van der Waals surface area (Å²) in [5, 5.41) is 12.4. The highest BCUT2D eigenvalue weighted by atomic mass is 32.2. The Kier molecular flexibility index (Phi) is 17.0. The van der Waals surface area contributed by atoms with Gasteiger partial charge in [-0.25, -0.2) is 9.59 Å². The van der Waals surface area contributed by atoms with E-state index >= 15 is 0 Å². The molecule has 0 saturated carbocycles. The van der Waals surface area contributed by atoms with Gasteiger partial charge in [-0.15, -0.1) is 5.06 Å². The summed E-state index contributed by atoms with van der Waals surface area (Å²) in [6, 6.07) is 0.321. The molecule has 6 amide bonds. The summed E-state index contributed by atoms with van der Waals surface area (Å²) in [5.41, 5.74) is 0. The van der Waals surface area contributed by atoms with Crippen molar-refractivity contribution >= 4 is 47.4 Å². The third-order valence-corrected chi connectivity index (χ3v) is 8.60. The van der Waals surface area contributed by atoms with Crippen LogP contribution in [0.2, 0.25) is 0 Å². The van der Waals surface area contributed by atoms with Crippen LogP contribution in [0.5, 0.6) is 0 Å². The molecule has 3 aliphatic heterocycles. The van der Waals surface area contributed by atoms with Gasteiger partial charge in [0, 0.05) is 49.8 Å². The maximum Gasteiger partial charge on any atom is 0.335 e. The smallest absolute Gasteiger partial charge is 0.335 e. The lowest BCUT2D eigenvalue weighted by Crippen LogP contribution is -2.36. The van der Waals surface area contributed by atoms with Crippen LogP contribution in [-0.2, 0) is 47.8 Å². The summed E-state index contributed by atoms with van der Waals surface area (Å²) in [7, 11) is 0. The van der Waals surface area contributed by atoms with Crippen molar-refractivity contribution in [2.45, 2.75) is 68.7 Å². The number of ether oxygens (including phenoxy) is 4. The number of hydrogen-bond donors (Lipinski definition) is 4. The molecule has 17 heteroatoms. The lowest BCUT2D eigenvalue weighted by atomic mass is 10.0. The van der Waals surface area contributed by atoms with E-state index in [1.165, 1.54) is 0 Å². The number of unbranched alkanes of at least 4 members (excludes halogenated alkanes) is 1. The highest BCUT2D eigenvalue weighted by Gasteiger charge is 2.42. The first-order valence-corrected chi connectivity index (χ1v) is 16.5. The van der Waals surface area contributed by atoms with E-state index in [2.05, 4.69) is 21.3 Å². The van der Waals surface area contributed by atoms with E-state index in [1.807, 2.05) is 11.8 Å². The number of hydrogen-bond acceptors (Lipinski definition) is 12. The van der Waals surface area contributed by atoms with E-state index in [0.29, 0.717) is 62.9 Å². The fraction of sp³-hybridized carbons (Fsp3) is 0.786. The van der Waals surface area contributed by atoms with Crippen molar-refractivity contribution in [1.82, 2.24) is 26.3 Å². The van der Waals surface area contributed by atoms with Gasteiger partial charge in [0.2, 0.25) is 11.8 Å². The van der Waals surface area contributed by atoms with Crippen LogP contribution in [0.25, 0.3) is 0 Å². The molecule has 3 fully saturated rings. The summed E-state index contributed by atoms with van der Waals surface area (Å²) in [6.07, 6.45) is 3.34. The normalized spacial score (nSPS) is 20.6. The number of hydroxylamine groups is 2. The molecule has 4 N–H and O–H groups in total. The minimum absolute atomic E-state index is 0.0353. The average molecular weight is 660 g/mol. The van der Waals surface area contributed by atoms with E-state index in [-0.39, 0.29) is 75.4 Å². The highest BCUT2D eigenvalue weighted by Crippen LogP contribution is 2.33. The van der Waals surface area contributed by atoms with Crippen LogP contribution in [0.4, 0.5) is 4.79 Å². The fourth-order valence-electron chi connectivity index (χ4n) is 4.74. The molecule has 0 aromatic carbocycles. The Labute approximate surface area is 266 Å². The van der Waals surface area contributed by atoms with Crippen LogP contribution in [0.1, 0.15) is 51.4 Å². The third-order valence-electron chi connectivity index (χ3n) is 7.09. The largest absolute Gasteiger partial charge is 0.379 e. The highest BCUT2D eigenvalue weighted by molar-refractivity contribution is 8.00. The number of rotatable bonds is 24. The molecule has 0 radical (unpaired) electrons. The van der Waals surface area contributed by atoms with Crippen molar-refractivity contribution in [1.29, 1.82) is 0 Å². The van der Waals surface area contributed by atoms with Crippen molar-refractivity contribution in [2.24, 2.45) is 0 Å². The summed E-state index contributed by atoms with van der Waals surface area (Å²) in [6.45, 7) is 3.01. The number of amides is 6. The van der Waals surface area contributed by atoms with Crippen LogP contribution in [0.3, 0.4) is 0 Å². The monoisotopic (exact) mass is 659 g/mol. The third kappa shape index (κ3) is 14.3. The minimum atomic E-state index is -0.715. The van der Waals surface area contributed by atoms with Crippen LogP contribution in [-0.4, -0.2) is 130 Å². The second-order valence-electron chi connectivity index (χ2n) is 10.6. The number of imide groups is 1. The van der Waals surface area contributed by atoms with Crippen molar-refractivity contribution in [3.05, 3.63) is 0 Å². The van der Waals surface area contributed by atoms with Gasteiger partial charge < -0.3 is 45.1 Å². The van der Waals surface area contributed by atoms with Gasteiger partial charge in [0.25, 0.3) is 11.8 Å². The Balaban J connectivity index is 1.00. The molecule has 254 valence electrons. The SMILES string of the molecule is O=C(CCCC[C@@H]1SC[C@@H]2NC(=O)N[C@@H]21)NCCNC(=O)CCOCCOCCOCCOCCC(=O)ON1C(=O)CCC1=O.